The van der Waals surface area contributed by atoms with Crippen LogP contribution in [0.5, 0.6) is 0 Å². The van der Waals surface area contributed by atoms with Crippen molar-refractivity contribution in [1.29, 1.82) is 0 Å². The third-order valence-electron chi connectivity index (χ3n) is 0.633. The molecule has 0 aliphatic carbocycles. The quantitative estimate of drug-likeness (QED) is 0.397. The van der Waals surface area contributed by atoms with Crippen molar-refractivity contribution >= 4 is 48.3 Å². The van der Waals surface area contributed by atoms with E-state index in [2.05, 4.69) is 35.2 Å². The molecule has 0 unspecified atom stereocenters. The molecule has 9 heavy (non-hydrogen) atoms. The summed E-state index contributed by atoms with van der Waals surface area (Å²) in [5.41, 5.74) is 0. The number of hydrogen-bond acceptors (Lipinski definition) is 4. The molecular formula is C4H2MgN2S2. The van der Waals surface area contributed by atoms with E-state index in [0.717, 1.165) is 0 Å². The molecule has 0 fully saturated rings. The van der Waals surface area contributed by atoms with Crippen molar-refractivity contribution in [3.63, 3.8) is 0 Å². The van der Waals surface area contributed by atoms with Crippen molar-refractivity contribution in [2.24, 2.45) is 0 Å². The molecule has 0 bridgehead atoms. The van der Waals surface area contributed by atoms with Crippen LogP contribution in [0.25, 0.3) is 0 Å². The molecule has 5 heteroatoms. The summed E-state index contributed by atoms with van der Waals surface area (Å²) in [6.45, 7) is 0. The minimum Gasteiger partial charge on any atom is -0.760 e. The molecule has 0 radical (unpaired) electrons. The van der Waals surface area contributed by atoms with E-state index >= 15 is 0 Å². The Bertz CT molecular complexity index is 173. The van der Waals surface area contributed by atoms with Crippen LogP contribution < -0.4 is 0 Å². The van der Waals surface area contributed by atoms with Gasteiger partial charge in [-0.2, -0.15) is 0 Å². The molecule has 1 heterocycles. The summed E-state index contributed by atoms with van der Waals surface area (Å²) in [7, 11) is 0. The molecule has 0 spiro atoms. The zero-order valence-electron chi connectivity index (χ0n) is 4.57. The fraction of sp³-hybridized carbons (Fsp3) is 0. The van der Waals surface area contributed by atoms with Crippen molar-refractivity contribution in [2.45, 2.75) is 10.1 Å². The van der Waals surface area contributed by atoms with Gasteiger partial charge in [0.25, 0.3) is 0 Å². The van der Waals surface area contributed by atoms with Gasteiger partial charge in [0.05, 0.1) is 0 Å². The van der Waals surface area contributed by atoms with Crippen LogP contribution in [-0.2, 0) is 25.3 Å². The fourth-order valence-corrected chi connectivity index (χ4v) is 0.540. The molecule has 0 aromatic carbocycles. The van der Waals surface area contributed by atoms with Gasteiger partial charge in [0.2, 0.25) is 0 Å². The van der Waals surface area contributed by atoms with Crippen molar-refractivity contribution in [3.05, 3.63) is 12.4 Å². The van der Waals surface area contributed by atoms with Crippen molar-refractivity contribution < 1.29 is 0 Å². The van der Waals surface area contributed by atoms with Gasteiger partial charge in [0, 0.05) is 12.4 Å². The average Bonchev–Trinajstić information content (AvgIpc) is 1.77. The maximum atomic E-state index is 4.68. The Kier molecular flexibility index (Phi) is 4.29. The molecule has 1 aromatic heterocycles. The molecule has 2 nitrogen and oxygen atoms in total. The van der Waals surface area contributed by atoms with Gasteiger partial charge in [-0.15, -0.1) is 0 Å². The summed E-state index contributed by atoms with van der Waals surface area (Å²) < 4.78 is 0. The summed E-state index contributed by atoms with van der Waals surface area (Å²) >= 11 is 9.35. The van der Waals surface area contributed by atoms with E-state index in [-0.39, 0.29) is 23.1 Å². The zero-order chi connectivity index (χ0) is 5.98. The van der Waals surface area contributed by atoms with Gasteiger partial charge in [-0.1, -0.05) is 10.1 Å². The molecule has 0 aliphatic rings. The molecule has 42 valence electrons. The summed E-state index contributed by atoms with van der Waals surface area (Å²) in [6, 6.07) is 0. The maximum Gasteiger partial charge on any atom is 2.00 e. The van der Waals surface area contributed by atoms with Crippen molar-refractivity contribution in [1.82, 2.24) is 9.97 Å². The summed E-state index contributed by atoms with van der Waals surface area (Å²) in [5, 5.41) is 0.810. The zero-order valence-corrected chi connectivity index (χ0v) is 7.62. The minimum atomic E-state index is 0. The van der Waals surface area contributed by atoms with Gasteiger partial charge in [-0.05, 0) is 0 Å². The first-order valence-corrected chi connectivity index (χ1v) is 2.77. The SMILES string of the molecule is [Mg+2].[S-]c1nccnc1[S-]. The molecule has 0 aliphatic heterocycles. The van der Waals surface area contributed by atoms with E-state index in [9.17, 15) is 0 Å². The van der Waals surface area contributed by atoms with Gasteiger partial charge in [-0.25, -0.2) is 0 Å². The second kappa shape index (κ2) is 4.16. The second-order valence-corrected chi connectivity index (χ2v) is 1.94. The predicted molar refractivity (Wildman–Crippen MR) is 39.0 cm³/mol. The Balaban J connectivity index is 0.000000640. The largest absolute Gasteiger partial charge is 2.00 e. The second-order valence-electron chi connectivity index (χ2n) is 1.17. The number of rotatable bonds is 0. The van der Waals surface area contributed by atoms with E-state index in [1.807, 2.05) is 0 Å². The van der Waals surface area contributed by atoms with Gasteiger partial charge < -0.3 is 25.3 Å². The van der Waals surface area contributed by atoms with Gasteiger partial charge in [-0.3, -0.25) is 9.97 Å². The first kappa shape index (κ1) is 9.29. The standard InChI is InChI=1S/C4H4N2S2.Mg/c7-3-4(8)6-2-1-5-3;/h1-2H,(H,5,7)(H,6,8);/q;+2/p-2. The van der Waals surface area contributed by atoms with E-state index in [1.165, 1.54) is 12.4 Å². The molecule has 0 atom stereocenters. The summed E-state index contributed by atoms with van der Waals surface area (Å²) in [4.78, 5) is 7.45. The smallest absolute Gasteiger partial charge is 0.760 e. The number of nitrogens with zero attached hydrogens (tertiary/aromatic N) is 2. The van der Waals surface area contributed by atoms with E-state index in [0.29, 0.717) is 10.1 Å². The van der Waals surface area contributed by atoms with Crippen molar-refractivity contribution in [3.8, 4) is 0 Å². The minimum absolute atomic E-state index is 0. The third kappa shape index (κ3) is 2.57. The maximum absolute atomic E-state index is 4.68. The predicted octanol–water partition coefficient (Wildman–Crippen LogP) is -0.0926. The van der Waals surface area contributed by atoms with E-state index in [4.69, 9.17) is 0 Å². The Morgan fingerprint density at radius 3 is 1.56 bits per heavy atom. The van der Waals surface area contributed by atoms with Crippen LogP contribution >= 0.6 is 0 Å². The monoisotopic (exact) mass is 166 g/mol. The summed E-state index contributed by atoms with van der Waals surface area (Å²) in [6.07, 6.45) is 3.05. The van der Waals surface area contributed by atoms with Crippen LogP contribution in [-0.4, -0.2) is 33.0 Å². The average molecular weight is 167 g/mol. The molecule has 0 saturated carbocycles. The number of aromatic nitrogens is 2. The normalized spacial score (nSPS) is 8.00. The van der Waals surface area contributed by atoms with Crippen molar-refractivity contribution in [2.75, 3.05) is 0 Å². The van der Waals surface area contributed by atoms with Crippen LogP contribution in [0.1, 0.15) is 0 Å². The topological polar surface area (TPSA) is 25.8 Å². The first-order chi connectivity index (χ1) is 3.80. The van der Waals surface area contributed by atoms with E-state index in [1.54, 1.807) is 0 Å². The molecule has 0 amide bonds. The van der Waals surface area contributed by atoms with Crippen LogP contribution in [0.3, 0.4) is 0 Å². The fourth-order valence-electron chi connectivity index (χ4n) is 0.312. The molecule has 0 N–H and O–H groups in total. The Morgan fingerprint density at radius 2 is 1.33 bits per heavy atom. The van der Waals surface area contributed by atoms with Gasteiger partial charge >= 0.3 is 23.1 Å². The van der Waals surface area contributed by atoms with Crippen LogP contribution in [0.15, 0.2) is 22.4 Å². The van der Waals surface area contributed by atoms with E-state index < -0.39 is 0 Å². The Hall–Kier alpha value is 0.286. The Labute approximate surface area is 80.5 Å². The van der Waals surface area contributed by atoms with Crippen LogP contribution in [0.2, 0.25) is 0 Å². The number of hydrogen-bond donors (Lipinski definition) is 0. The summed E-state index contributed by atoms with van der Waals surface area (Å²) in [5.74, 6) is 0. The van der Waals surface area contributed by atoms with Gasteiger partial charge in [0.15, 0.2) is 0 Å². The molecule has 1 aromatic rings. The Morgan fingerprint density at radius 1 is 1.00 bits per heavy atom. The van der Waals surface area contributed by atoms with Gasteiger partial charge in [0.1, 0.15) is 0 Å². The first-order valence-electron chi connectivity index (χ1n) is 1.96. The molecule has 0 saturated heterocycles. The molecular weight excluding hydrogens is 164 g/mol. The van der Waals surface area contributed by atoms with Crippen LogP contribution in [0, 0.1) is 0 Å². The third-order valence-corrected chi connectivity index (χ3v) is 1.36. The van der Waals surface area contributed by atoms with Crippen LogP contribution in [0.4, 0.5) is 0 Å². The molecule has 1 rings (SSSR count).